The van der Waals surface area contributed by atoms with Crippen LogP contribution in [0.15, 0.2) is 6.33 Å². The molecule has 0 radical (unpaired) electrons. The third kappa shape index (κ3) is 3.37. The van der Waals surface area contributed by atoms with Crippen LogP contribution < -0.4 is 10.6 Å². The molecule has 2 N–H and O–H groups in total. The highest BCUT2D eigenvalue weighted by atomic mass is 16.2. The molecular formula is C14H23N5O. The van der Waals surface area contributed by atoms with Crippen LogP contribution in [-0.2, 0) is 4.79 Å². The molecule has 1 aliphatic rings. The lowest BCUT2D eigenvalue weighted by Gasteiger charge is -2.30. The van der Waals surface area contributed by atoms with Gasteiger partial charge in [-0.2, -0.15) is 0 Å². The Morgan fingerprint density at radius 1 is 1.40 bits per heavy atom. The Bertz CT molecular complexity index is 477. The van der Waals surface area contributed by atoms with Crippen LogP contribution in [0.4, 0.5) is 11.6 Å². The number of hydrogen-bond donors (Lipinski definition) is 2. The van der Waals surface area contributed by atoms with Gasteiger partial charge in [0.15, 0.2) is 0 Å². The quantitative estimate of drug-likeness (QED) is 0.856. The molecule has 1 fully saturated rings. The number of likely N-dealkylation sites (tertiary alicyclic amines) is 1. The van der Waals surface area contributed by atoms with Crippen LogP contribution in [0.1, 0.15) is 31.7 Å². The molecule has 110 valence electrons. The summed E-state index contributed by atoms with van der Waals surface area (Å²) in [6, 6.07) is 0.255. The molecule has 1 atom stereocenters. The van der Waals surface area contributed by atoms with Gasteiger partial charge in [0.1, 0.15) is 18.0 Å². The summed E-state index contributed by atoms with van der Waals surface area (Å²) in [5, 5.41) is 6.73. The van der Waals surface area contributed by atoms with E-state index in [0.717, 1.165) is 43.1 Å². The fourth-order valence-electron chi connectivity index (χ4n) is 2.34. The first kappa shape index (κ1) is 14.6. The summed E-state index contributed by atoms with van der Waals surface area (Å²) in [4.78, 5) is 21.9. The van der Waals surface area contributed by atoms with Crippen LogP contribution in [0.3, 0.4) is 0 Å². The van der Waals surface area contributed by atoms with E-state index in [2.05, 4.69) is 27.5 Å². The van der Waals surface area contributed by atoms with Gasteiger partial charge in [-0.15, -0.1) is 0 Å². The summed E-state index contributed by atoms with van der Waals surface area (Å²) < 4.78 is 0. The number of carbonyl (C=O) groups is 1. The molecule has 1 unspecified atom stereocenters. The molecule has 6 heteroatoms. The first-order valence-electron chi connectivity index (χ1n) is 7.17. The van der Waals surface area contributed by atoms with Gasteiger partial charge in [0.05, 0.1) is 0 Å². The molecule has 0 spiro atoms. The highest BCUT2D eigenvalue weighted by Crippen LogP contribution is 2.21. The summed E-state index contributed by atoms with van der Waals surface area (Å²) in [7, 11) is 1.84. The van der Waals surface area contributed by atoms with Crippen LogP contribution in [0.2, 0.25) is 0 Å². The predicted octanol–water partition coefficient (Wildman–Crippen LogP) is 1.64. The summed E-state index contributed by atoms with van der Waals surface area (Å²) >= 11 is 0. The van der Waals surface area contributed by atoms with Crippen LogP contribution in [0.5, 0.6) is 0 Å². The van der Waals surface area contributed by atoms with Crippen LogP contribution in [0, 0.1) is 6.92 Å². The van der Waals surface area contributed by atoms with E-state index in [4.69, 9.17) is 0 Å². The van der Waals surface area contributed by atoms with E-state index in [1.807, 2.05) is 14.0 Å². The Balaban J connectivity index is 2.04. The van der Waals surface area contributed by atoms with E-state index < -0.39 is 0 Å². The van der Waals surface area contributed by atoms with Crippen molar-refractivity contribution < 1.29 is 4.79 Å². The lowest BCUT2D eigenvalue weighted by molar-refractivity contribution is -0.132. The normalized spacial score (nSPS) is 19.1. The average molecular weight is 277 g/mol. The zero-order valence-corrected chi connectivity index (χ0v) is 12.4. The van der Waals surface area contributed by atoms with Gasteiger partial charge in [0, 0.05) is 38.2 Å². The minimum absolute atomic E-state index is 0.216. The van der Waals surface area contributed by atoms with Gasteiger partial charge in [0.2, 0.25) is 5.91 Å². The number of amides is 1. The number of hydrogen-bond acceptors (Lipinski definition) is 5. The maximum absolute atomic E-state index is 11.5. The molecular weight excluding hydrogens is 254 g/mol. The largest absolute Gasteiger partial charge is 0.370 e. The molecule has 20 heavy (non-hydrogen) atoms. The third-order valence-corrected chi connectivity index (χ3v) is 3.59. The second-order valence-electron chi connectivity index (χ2n) is 5.28. The molecule has 1 aromatic heterocycles. The van der Waals surface area contributed by atoms with Gasteiger partial charge in [-0.25, -0.2) is 9.97 Å². The molecule has 0 bridgehead atoms. The van der Waals surface area contributed by atoms with Crippen LogP contribution >= 0.6 is 0 Å². The van der Waals surface area contributed by atoms with Gasteiger partial charge in [-0.05, 0) is 19.8 Å². The second kappa shape index (κ2) is 6.54. The van der Waals surface area contributed by atoms with Crippen LogP contribution in [-0.4, -0.2) is 47.0 Å². The van der Waals surface area contributed by atoms with Crippen molar-refractivity contribution in [3.8, 4) is 0 Å². The Labute approximate surface area is 120 Å². The molecule has 6 nitrogen and oxygen atoms in total. The second-order valence-corrected chi connectivity index (χ2v) is 5.28. The predicted molar refractivity (Wildman–Crippen MR) is 79.8 cm³/mol. The lowest BCUT2D eigenvalue weighted by atomic mass is 10.1. The molecule has 1 saturated heterocycles. The monoisotopic (exact) mass is 277 g/mol. The smallest absolute Gasteiger partial charge is 0.222 e. The molecule has 0 saturated carbocycles. The van der Waals surface area contributed by atoms with Crippen molar-refractivity contribution in [1.29, 1.82) is 0 Å². The van der Waals surface area contributed by atoms with Gasteiger partial charge >= 0.3 is 0 Å². The zero-order chi connectivity index (χ0) is 14.5. The lowest BCUT2D eigenvalue weighted by Crippen LogP contribution is -2.43. The minimum Gasteiger partial charge on any atom is -0.370 e. The first-order valence-corrected chi connectivity index (χ1v) is 7.17. The number of carbonyl (C=O) groups excluding carboxylic acids is 1. The van der Waals surface area contributed by atoms with Crippen LogP contribution in [0.25, 0.3) is 0 Å². The number of likely N-dealkylation sites (N-methyl/N-ethyl adjacent to an activating group) is 1. The third-order valence-electron chi connectivity index (χ3n) is 3.59. The van der Waals surface area contributed by atoms with Crippen molar-refractivity contribution >= 4 is 17.5 Å². The van der Waals surface area contributed by atoms with Gasteiger partial charge in [-0.1, -0.05) is 6.92 Å². The number of nitrogens with one attached hydrogen (secondary N) is 2. The Kier molecular flexibility index (Phi) is 4.76. The topological polar surface area (TPSA) is 70.1 Å². The van der Waals surface area contributed by atoms with E-state index in [1.165, 1.54) is 0 Å². The Morgan fingerprint density at radius 3 is 2.85 bits per heavy atom. The van der Waals surface area contributed by atoms with Gasteiger partial charge < -0.3 is 15.5 Å². The van der Waals surface area contributed by atoms with Gasteiger partial charge in [0.25, 0.3) is 0 Å². The summed E-state index contributed by atoms with van der Waals surface area (Å²) in [5.74, 6) is 1.95. The van der Waals surface area contributed by atoms with E-state index >= 15 is 0 Å². The fraction of sp³-hybridized carbons (Fsp3) is 0.643. The highest BCUT2D eigenvalue weighted by molar-refractivity contribution is 5.77. The number of piperidine rings is 1. The van der Waals surface area contributed by atoms with Crippen molar-refractivity contribution in [1.82, 2.24) is 14.9 Å². The van der Waals surface area contributed by atoms with Crippen molar-refractivity contribution in [3.05, 3.63) is 11.9 Å². The maximum atomic E-state index is 11.5. The standard InChI is InChI=1S/C14H23N5O/c1-4-7-15-13-10(2)14(17-9-16-13)18-11-5-6-12(20)19(3)8-11/h9,11H,4-8H2,1-3H3,(H2,15,16,17,18). The SMILES string of the molecule is CCCNc1ncnc(NC2CCC(=O)N(C)C2)c1C. The number of rotatable bonds is 5. The number of aromatic nitrogens is 2. The van der Waals surface area contributed by atoms with Crippen molar-refractivity contribution in [2.24, 2.45) is 0 Å². The zero-order valence-electron chi connectivity index (χ0n) is 12.4. The Morgan fingerprint density at radius 2 is 2.15 bits per heavy atom. The Hall–Kier alpha value is -1.85. The van der Waals surface area contributed by atoms with Crippen molar-refractivity contribution in [2.75, 3.05) is 30.8 Å². The maximum Gasteiger partial charge on any atom is 0.222 e. The number of nitrogens with zero attached hydrogens (tertiary/aromatic N) is 3. The highest BCUT2D eigenvalue weighted by Gasteiger charge is 2.23. The molecule has 0 aromatic carbocycles. The summed E-state index contributed by atoms with van der Waals surface area (Å²) in [5.41, 5.74) is 1.03. The van der Waals surface area contributed by atoms with Crippen molar-refractivity contribution in [3.63, 3.8) is 0 Å². The molecule has 2 rings (SSSR count). The summed E-state index contributed by atoms with van der Waals surface area (Å²) in [6.45, 7) is 5.76. The molecule has 1 amide bonds. The van der Waals surface area contributed by atoms with E-state index in [-0.39, 0.29) is 11.9 Å². The number of anilines is 2. The van der Waals surface area contributed by atoms with Gasteiger partial charge in [-0.3, -0.25) is 4.79 Å². The van der Waals surface area contributed by atoms with E-state index in [1.54, 1.807) is 11.2 Å². The molecule has 0 aliphatic carbocycles. The average Bonchev–Trinajstić information content (AvgIpc) is 2.44. The van der Waals surface area contributed by atoms with E-state index in [9.17, 15) is 4.79 Å². The molecule has 1 aliphatic heterocycles. The first-order chi connectivity index (χ1) is 9.61. The van der Waals surface area contributed by atoms with Crippen molar-refractivity contribution in [2.45, 2.75) is 39.2 Å². The molecule has 2 heterocycles. The summed E-state index contributed by atoms with van der Waals surface area (Å²) in [6.07, 6.45) is 4.08. The minimum atomic E-state index is 0.216. The molecule has 1 aromatic rings. The van der Waals surface area contributed by atoms with E-state index in [0.29, 0.717) is 6.42 Å². The fourth-order valence-corrected chi connectivity index (χ4v) is 2.34.